The summed E-state index contributed by atoms with van der Waals surface area (Å²) in [6.45, 7) is 0.495. The molecule has 8 heteroatoms. The largest absolute Gasteiger partial charge is 0.481 e. The van der Waals surface area contributed by atoms with E-state index in [1.165, 1.54) is 11.8 Å². The zero-order chi connectivity index (χ0) is 23.2. The summed E-state index contributed by atoms with van der Waals surface area (Å²) < 4.78 is 6.01. The second kappa shape index (κ2) is 10.6. The van der Waals surface area contributed by atoms with Gasteiger partial charge in [0.25, 0.3) is 5.91 Å². The number of carbonyl (C=O) groups is 2. The minimum atomic E-state index is -0.800. The molecule has 1 aliphatic rings. The van der Waals surface area contributed by atoms with E-state index in [0.29, 0.717) is 34.3 Å². The van der Waals surface area contributed by atoms with Crippen LogP contribution < -0.4 is 0 Å². The summed E-state index contributed by atoms with van der Waals surface area (Å²) in [7, 11) is 0. The maximum Gasteiger partial charge on any atom is 0.303 e. The Morgan fingerprint density at radius 3 is 2.70 bits per heavy atom. The first-order valence-corrected chi connectivity index (χ1v) is 11.8. The van der Waals surface area contributed by atoms with Gasteiger partial charge in [0.15, 0.2) is 0 Å². The second-order valence-electron chi connectivity index (χ2n) is 7.54. The number of carboxylic acid groups (broad SMARTS) is 1. The highest BCUT2D eigenvalue weighted by Crippen LogP contribution is 2.33. The number of carboxylic acids is 1. The van der Waals surface area contributed by atoms with Crippen LogP contribution in [0.4, 0.5) is 0 Å². The number of carbonyl (C=O) groups excluding carboxylic acids is 1. The van der Waals surface area contributed by atoms with Crippen molar-refractivity contribution in [3.63, 3.8) is 0 Å². The molecule has 0 aliphatic carbocycles. The SMILES string of the molecule is O=C(O)CCCCCN1C(=O)C(=Cc2cccc(-c3cccc(-c4ccco4)c3)n2)SC1=S. The van der Waals surface area contributed by atoms with Gasteiger partial charge in [0.1, 0.15) is 10.1 Å². The zero-order valence-electron chi connectivity index (χ0n) is 17.8. The van der Waals surface area contributed by atoms with Crippen LogP contribution in [0.1, 0.15) is 31.4 Å². The Balaban J connectivity index is 1.46. The first-order valence-electron chi connectivity index (χ1n) is 10.6. The number of benzene rings is 1. The number of nitrogens with zero attached hydrogens (tertiary/aromatic N) is 2. The van der Waals surface area contributed by atoms with E-state index in [4.69, 9.17) is 26.7 Å². The van der Waals surface area contributed by atoms with Crippen LogP contribution in [0.5, 0.6) is 0 Å². The Bertz CT molecular complexity index is 1200. The Morgan fingerprint density at radius 1 is 1.09 bits per heavy atom. The van der Waals surface area contributed by atoms with Gasteiger partial charge in [0.05, 0.1) is 22.6 Å². The molecule has 3 heterocycles. The summed E-state index contributed by atoms with van der Waals surface area (Å²) >= 11 is 6.66. The number of thioether (sulfide) groups is 1. The normalized spacial score (nSPS) is 14.9. The summed E-state index contributed by atoms with van der Waals surface area (Å²) in [6.07, 6.45) is 5.61. The maximum atomic E-state index is 12.8. The molecular weight excluding hydrogens is 456 g/mol. The van der Waals surface area contributed by atoms with Crippen molar-refractivity contribution in [3.8, 4) is 22.6 Å². The molecular formula is C25H22N2O4S2. The van der Waals surface area contributed by atoms with Gasteiger partial charge in [-0.05, 0) is 49.2 Å². The van der Waals surface area contributed by atoms with Gasteiger partial charge < -0.3 is 9.52 Å². The maximum absolute atomic E-state index is 12.8. The Labute approximate surface area is 201 Å². The van der Waals surface area contributed by atoms with Crippen LogP contribution in [0.3, 0.4) is 0 Å². The van der Waals surface area contributed by atoms with E-state index in [1.54, 1.807) is 17.2 Å². The lowest BCUT2D eigenvalue weighted by molar-refractivity contribution is -0.137. The first kappa shape index (κ1) is 22.9. The number of pyridine rings is 1. The number of aromatic nitrogens is 1. The van der Waals surface area contributed by atoms with E-state index in [1.807, 2.05) is 54.6 Å². The van der Waals surface area contributed by atoms with Crippen LogP contribution in [0, 0.1) is 0 Å². The molecule has 1 saturated heterocycles. The molecule has 3 aromatic rings. The van der Waals surface area contributed by atoms with Crippen LogP contribution in [-0.2, 0) is 9.59 Å². The summed E-state index contributed by atoms with van der Waals surface area (Å²) in [5.41, 5.74) is 3.39. The predicted molar refractivity (Wildman–Crippen MR) is 133 cm³/mol. The van der Waals surface area contributed by atoms with Gasteiger partial charge >= 0.3 is 5.97 Å². The number of amides is 1. The molecule has 1 N–H and O–H groups in total. The van der Waals surface area contributed by atoms with E-state index >= 15 is 0 Å². The number of thiocarbonyl (C=S) groups is 1. The van der Waals surface area contributed by atoms with Gasteiger partial charge in [-0.3, -0.25) is 14.5 Å². The fourth-order valence-corrected chi connectivity index (χ4v) is 4.81. The van der Waals surface area contributed by atoms with Gasteiger partial charge in [-0.25, -0.2) is 4.98 Å². The second-order valence-corrected chi connectivity index (χ2v) is 9.22. The molecule has 0 radical (unpaired) electrons. The zero-order valence-corrected chi connectivity index (χ0v) is 19.4. The van der Waals surface area contributed by atoms with Crippen molar-refractivity contribution in [1.29, 1.82) is 0 Å². The fourth-order valence-electron chi connectivity index (χ4n) is 3.52. The molecule has 168 valence electrons. The van der Waals surface area contributed by atoms with Gasteiger partial charge in [0.2, 0.25) is 0 Å². The third-order valence-electron chi connectivity index (χ3n) is 5.16. The van der Waals surface area contributed by atoms with Crippen molar-refractivity contribution in [2.24, 2.45) is 0 Å². The number of unbranched alkanes of at least 4 members (excludes halogenated alkanes) is 2. The predicted octanol–water partition coefficient (Wildman–Crippen LogP) is 5.85. The number of furan rings is 1. The number of hydrogen-bond acceptors (Lipinski definition) is 6. The van der Waals surface area contributed by atoms with E-state index in [-0.39, 0.29) is 12.3 Å². The topological polar surface area (TPSA) is 83.6 Å². The molecule has 4 rings (SSSR count). The monoisotopic (exact) mass is 478 g/mol. The fraction of sp³-hybridized carbons (Fsp3) is 0.200. The summed E-state index contributed by atoms with van der Waals surface area (Å²) in [5.74, 6) is -0.138. The van der Waals surface area contributed by atoms with Crippen molar-refractivity contribution in [2.75, 3.05) is 6.54 Å². The highest BCUT2D eigenvalue weighted by atomic mass is 32.2. The van der Waals surface area contributed by atoms with Crippen LogP contribution in [-0.4, -0.2) is 37.7 Å². The summed E-state index contributed by atoms with van der Waals surface area (Å²) in [4.78, 5) is 30.3. The Kier molecular flexibility index (Phi) is 7.36. The number of rotatable bonds is 9. The third-order valence-corrected chi connectivity index (χ3v) is 6.54. The summed E-state index contributed by atoms with van der Waals surface area (Å²) in [6, 6.07) is 17.4. The van der Waals surface area contributed by atoms with E-state index in [9.17, 15) is 9.59 Å². The van der Waals surface area contributed by atoms with E-state index in [0.717, 1.165) is 29.0 Å². The van der Waals surface area contributed by atoms with Crippen molar-refractivity contribution in [1.82, 2.24) is 9.88 Å². The summed E-state index contributed by atoms with van der Waals surface area (Å²) in [5, 5.41) is 8.73. The lowest BCUT2D eigenvalue weighted by atomic mass is 10.1. The average molecular weight is 479 g/mol. The van der Waals surface area contributed by atoms with Gasteiger partial charge in [0, 0.05) is 24.1 Å². The highest BCUT2D eigenvalue weighted by molar-refractivity contribution is 8.26. The molecule has 0 bridgehead atoms. The standard InChI is InChI=1S/C25H22N2O4S2/c28-23(29)12-2-1-3-13-27-24(30)22(33-25(27)32)16-19-9-5-10-20(26-19)17-7-4-8-18(15-17)21-11-6-14-31-21/h4-11,14-16H,1-3,12-13H2,(H,28,29). The smallest absolute Gasteiger partial charge is 0.303 e. The molecule has 33 heavy (non-hydrogen) atoms. The highest BCUT2D eigenvalue weighted by Gasteiger charge is 2.31. The van der Waals surface area contributed by atoms with Gasteiger partial charge in [-0.15, -0.1) is 0 Å². The molecule has 0 saturated carbocycles. The van der Waals surface area contributed by atoms with Crippen LogP contribution in [0.15, 0.2) is 70.2 Å². The number of hydrogen-bond donors (Lipinski definition) is 1. The molecule has 0 unspecified atom stereocenters. The molecule has 1 aromatic carbocycles. The Morgan fingerprint density at radius 2 is 1.91 bits per heavy atom. The van der Waals surface area contributed by atoms with E-state index < -0.39 is 5.97 Å². The molecule has 1 fully saturated rings. The van der Waals surface area contributed by atoms with Crippen LogP contribution in [0.2, 0.25) is 0 Å². The third kappa shape index (κ3) is 5.77. The Hall–Kier alpha value is -3.23. The van der Waals surface area contributed by atoms with Crippen LogP contribution >= 0.6 is 24.0 Å². The van der Waals surface area contributed by atoms with Crippen molar-refractivity contribution in [2.45, 2.75) is 25.7 Å². The van der Waals surface area contributed by atoms with Gasteiger partial charge in [-0.2, -0.15) is 0 Å². The first-order chi connectivity index (χ1) is 16.0. The molecule has 1 aliphatic heterocycles. The molecule has 2 aromatic heterocycles. The molecule has 0 atom stereocenters. The average Bonchev–Trinajstić information content (AvgIpc) is 3.43. The molecule has 6 nitrogen and oxygen atoms in total. The molecule has 1 amide bonds. The minimum Gasteiger partial charge on any atom is -0.481 e. The van der Waals surface area contributed by atoms with Crippen molar-refractivity contribution in [3.05, 3.63) is 71.5 Å². The van der Waals surface area contributed by atoms with Gasteiger partial charge in [-0.1, -0.05) is 54.7 Å². The lowest BCUT2D eigenvalue weighted by Crippen LogP contribution is -2.29. The number of aliphatic carboxylic acids is 1. The minimum absolute atomic E-state index is 0.129. The quantitative estimate of drug-likeness (QED) is 0.234. The van der Waals surface area contributed by atoms with E-state index in [2.05, 4.69) is 0 Å². The van der Waals surface area contributed by atoms with Crippen molar-refractivity contribution < 1.29 is 19.1 Å². The lowest BCUT2D eigenvalue weighted by Gasteiger charge is -2.13. The molecule has 0 spiro atoms. The van der Waals surface area contributed by atoms with Crippen molar-refractivity contribution >= 4 is 46.3 Å². The van der Waals surface area contributed by atoms with Crippen LogP contribution in [0.25, 0.3) is 28.7 Å².